The van der Waals surface area contributed by atoms with Gasteiger partial charge in [0, 0.05) is 5.02 Å². The Kier molecular flexibility index (Phi) is 5.15. The van der Waals surface area contributed by atoms with Gasteiger partial charge in [0.25, 0.3) is 5.56 Å². The Hall–Kier alpha value is -1.19. The Morgan fingerprint density at radius 3 is 2.56 bits per heavy atom. The van der Waals surface area contributed by atoms with Crippen molar-refractivity contribution in [3.8, 4) is 5.75 Å². The minimum Gasteiger partial charge on any atom is -0.463 e. The van der Waals surface area contributed by atoms with Crippen molar-refractivity contribution in [3.05, 3.63) is 41.6 Å². The molecule has 16 heavy (non-hydrogen) atoms. The number of ether oxygens (including phenoxy) is 2. The summed E-state index contributed by atoms with van der Waals surface area (Å²) >= 11 is 11.4. The molecular weight excluding hydrogens is 251 g/mol. The van der Waals surface area contributed by atoms with Crippen LogP contribution in [-0.2, 0) is 9.53 Å². The van der Waals surface area contributed by atoms with E-state index in [0.29, 0.717) is 10.8 Å². The SMILES string of the molecule is C/C=C/OC(=O)C(Cl)Oc1ccc(Cl)cc1. The van der Waals surface area contributed by atoms with Crippen molar-refractivity contribution in [1.82, 2.24) is 0 Å². The molecule has 0 amide bonds. The molecule has 0 aliphatic rings. The zero-order chi connectivity index (χ0) is 12.0. The Labute approximate surface area is 104 Å². The fraction of sp³-hybridized carbons (Fsp3) is 0.182. The van der Waals surface area contributed by atoms with Gasteiger partial charge in [-0.2, -0.15) is 0 Å². The number of allylic oxidation sites excluding steroid dienone is 1. The largest absolute Gasteiger partial charge is 0.463 e. The summed E-state index contributed by atoms with van der Waals surface area (Å²) < 4.78 is 9.77. The smallest absolute Gasteiger partial charge is 0.368 e. The quantitative estimate of drug-likeness (QED) is 0.473. The summed E-state index contributed by atoms with van der Waals surface area (Å²) in [5.74, 6) is -0.225. The van der Waals surface area contributed by atoms with Crippen molar-refractivity contribution in [3.63, 3.8) is 0 Å². The van der Waals surface area contributed by atoms with Crippen LogP contribution in [0.4, 0.5) is 0 Å². The van der Waals surface area contributed by atoms with E-state index in [2.05, 4.69) is 4.74 Å². The van der Waals surface area contributed by atoms with E-state index in [1.807, 2.05) is 0 Å². The lowest BCUT2D eigenvalue weighted by Crippen LogP contribution is -2.22. The van der Waals surface area contributed by atoms with E-state index in [1.165, 1.54) is 6.26 Å². The van der Waals surface area contributed by atoms with Crippen molar-refractivity contribution < 1.29 is 14.3 Å². The summed E-state index contributed by atoms with van der Waals surface area (Å²) in [6.45, 7) is 1.72. The molecule has 1 unspecified atom stereocenters. The summed E-state index contributed by atoms with van der Waals surface area (Å²) in [5.41, 5.74) is -1.18. The number of esters is 1. The first-order chi connectivity index (χ1) is 7.63. The van der Waals surface area contributed by atoms with Crippen molar-refractivity contribution in [2.45, 2.75) is 12.5 Å². The van der Waals surface area contributed by atoms with Crippen molar-refractivity contribution in [2.75, 3.05) is 0 Å². The van der Waals surface area contributed by atoms with Gasteiger partial charge in [-0.15, -0.1) is 0 Å². The van der Waals surface area contributed by atoms with Crippen LogP contribution in [0.5, 0.6) is 5.75 Å². The van der Waals surface area contributed by atoms with Crippen LogP contribution in [0.15, 0.2) is 36.6 Å². The fourth-order valence-corrected chi connectivity index (χ4v) is 1.15. The third kappa shape index (κ3) is 4.13. The highest BCUT2D eigenvalue weighted by atomic mass is 35.5. The van der Waals surface area contributed by atoms with Gasteiger partial charge in [-0.3, -0.25) is 0 Å². The van der Waals surface area contributed by atoms with Crippen LogP contribution in [0, 0.1) is 0 Å². The van der Waals surface area contributed by atoms with Crippen molar-refractivity contribution in [1.29, 1.82) is 0 Å². The molecule has 0 aliphatic carbocycles. The third-order valence-corrected chi connectivity index (χ3v) is 2.08. The zero-order valence-electron chi connectivity index (χ0n) is 8.52. The van der Waals surface area contributed by atoms with E-state index in [-0.39, 0.29) is 0 Å². The molecule has 1 aromatic rings. The topological polar surface area (TPSA) is 35.5 Å². The molecule has 5 heteroatoms. The molecule has 3 nitrogen and oxygen atoms in total. The van der Waals surface area contributed by atoms with Gasteiger partial charge in [0.2, 0.25) is 0 Å². The van der Waals surface area contributed by atoms with Crippen LogP contribution in [0.1, 0.15) is 6.92 Å². The number of benzene rings is 1. The highest BCUT2D eigenvalue weighted by molar-refractivity contribution is 6.30. The molecule has 0 aromatic heterocycles. The molecule has 86 valence electrons. The molecule has 0 heterocycles. The fourth-order valence-electron chi connectivity index (χ4n) is 0.869. The number of alkyl halides is 1. The first kappa shape index (κ1) is 12.9. The standard InChI is InChI=1S/C11H10Cl2O3/c1-2-7-15-11(14)10(13)16-9-5-3-8(12)4-6-9/h2-7,10H,1H3/b7-2+. The first-order valence-electron chi connectivity index (χ1n) is 4.51. The van der Waals surface area contributed by atoms with Crippen LogP contribution in [0.2, 0.25) is 5.02 Å². The summed E-state index contributed by atoms with van der Waals surface area (Å²) in [6, 6.07) is 6.50. The number of halogens is 2. The second-order valence-corrected chi connectivity index (χ2v) is 3.63. The highest BCUT2D eigenvalue weighted by Gasteiger charge is 2.17. The van der Waals surface area contributed by atoms with Crippen LogP contribution in [0.3, 0.4) is 0 Å². The van der Waals surface area contributed by atoms with E-state index in [4.69, 9.17) is 27.9 Å². The maximum Gasteiger partial charge on any atom is 0.368 e. The van der Waals surface area contributed by atoms with Crippen LogP contribution in [-0.4, -0.2) is 11.5 Å². The molecule has 0 spiro atoms. The number of hydrogen-bond donors (Lipinski definition) is 0. The van der Waals surface area contributed by atoms with E-state index >= 15 is 0 Å². The van der Waals surface area contributed by atoms with Gasteiger partial charge in [0.05, 0.1) is 6.26 Å². The van der Waals surface area contributed by atoms with Crippen LogP contribution in [0.25, 0.3) is 0 Å². The number of hydrogen-bond acceptors (Lipinski definition) is 3. The van der Waals surface area contributed by atoms with E-state index in [1.54, 1.807) is 37.3 Å². The van der Waals surface area contributed by atoms with Gasteiger partial charge in [-0.05, 0) is 31.2 Å². The molecule has 1 aromatic carbocycles. The molecule has 0 radical (unpaired) electrons. The normalized spacial score (nSPS) is 12.4. The minimum atomic E-state index is -1.18. The van der Waals surface area contributed by atoms with E-state index < -0.39 is 11.5 Å². The molecular formula is C11H10Cl2O3. The zero-order valence-corrected chi connectivity index (χ0v) is 10.0. The molecule has 1 atom stereocenters. The molecule has 0 fully saturated rings. The average molecular weight is 261 g/mol. The van der Waals surface area contributed by atoms with Gasteiger partial charge in [0.1, 0.15) is 5.75 Å². The monoisotopic (exact) mass is 260 g/mol. The Bertz CT molecular complexity index is 373. The van der Waals surface area contributed by atoms with Crippen molar-refractivity contribution >= 4 is 29.2 Å². The number of rotatable bonds is 4. The average Bonchev–Trinajstić information content (AvgIpc) is 2.29. The Balaban J connectivity index is 2.53. The summed E-state index contributed by atoms with van der Waals surface area (Å²) in [5, 5.41) is 0.579. The molecule has 1 rings (SSSR count). The second-order valence-electron chi connectivity index (χ2n) is 2.79. The molecule has 0 saturated carbocycles. The summed E-state index contributed by atoms with van der Waals surface area (Å²) in [6.07, 6.45) is 2.81. The van der Waals surface area contributed by atoms with Crippen molar-refractivity contribution in [2.24, 2.45) is 0 Å². The number of carbonyl (C=O) groups is 1. The van der Waals surface area contributed by atoms with E-state index in [0.717, 1.165) is 0 Å². The lowest BCUT2D eigenvalue weighted by atomic mass is 10.3. The number of carbonyl (C=O) groups excluding carboxylic acids is 1. The highest BCUT2D eigenvalue weighted by Crippen LogP contribution is 2.18. The maximum atomic E-state index is 11.2. The Morgan fingerprint density at radius 2 is 2.00 bits per heavy atom. The molecule has 0 N–H and O–H groups in total. The second kappa shape index (κ2) is 6.40. The van der Waals surface area contributed by atoms with Gasteiger partial charge in [-0.25, -0.2) is 4.79 Å². The lowest BCUT2D eigenvalue weighted by molar-refractivity contribution is -0.142. The molecule has 0 aliphatic heterocycles. The van der Waals surface area contributed by atoms with Crippen LogP contribution < -0.4 is 4.74 Å². The first-order valence-corrected chi connectivity index (χ1v) is 5.33. The van der Waals surface area contributed by atoms with Gasteiger partial charge in [0.15, 0.2) is 0 Å². The van der Waals surface area contributed by atoms with Crippen LogP contribution >= 0.6 is 23.2 Å². The Morgan fingerprint density at radius 1 is 1.38 bits per heavy atom. The predicted octanol–water partition coefficient (Wildman–Crippen LogP) is 3.36. The third-order valence-electron chi connectivity index (χ3n) is 1.56. The van der Waals surface area contributed by atoms with Gasteiger partial charge < -0.3 is 9.47 Å². The van der Waals surface area contributed by atoms with Gasteiger partial charge in [-0.1, -0.05) is 29.3 Å². The van der Waals surface area contributed by atoms with Gasteiger partial charge >= 0.3 is 5.97 Å². The predicted molar refractivity (Wildman–Crippen MR) is 62.6 cm³/mol. The maximum absolute atomic E-state index is 11.2. The van der Waals surface area contributed by atoms with E-state index in [9.17, 15) is 4.79 Å². The minimum absolute atomic E-state index is 0.446. The molecule has 0 bridgehead atoms. The summed E-state index contributed by atoms with van der Waals surface area (Å²) in [4.78, 5) is 11.2. The lowest BCUT2D eigenvalue weighted by Gasteiger charge is -2.10. The summed E-state index contributed by atoms with van der Waals surface area (Å²) in [7, 11) is 0. The molecule has 0 saturated heterocycles.